The molecule has 2 rings (SSSR count). The van der Waals surface area contributed by atoms with Gasteiger partial charge in [0.25, 0.3) is 5.91 Å². The molecule has 0 aliphatic rings. The lowest BCUT2D eigenvalue weighted by molar-refractivity contribution is -0.118. The fraction of sp³-hybridized carbons (Fsp3) is 0.167. The summed E-state index contributed by atoms with van der Waals surface area (Å²) >= 11 is 1.24. The average Bonchev–Trinajstić information content (AvgIpc) is 2.86. The molecule has 0 saturated carbocycles. The van der Waals surface area contributed by atoms with E-state index in [4.69, 9.17) is 5.11 Å². The van der Waals surface area contributed by atoms with E-state index in [0.29, 0.717) is 10.7 Å². The zero-order valence-corrected chi connectivity index (χ0v) is 11.9. The predicted molar refractivity (Wildman–Crippen MR) is 77.2 cm³/mol. The van der Waals surface area contributed by atoms with Gasteiger partial charge in [-0.05, 0) is 23.8 Å². The molecule has 1 aromatic carbocycles. The Morgan fingerprint density at radius 2 is 2.29 bits per heavy atom. The molecule has 0 fully saturated rings. The van der Waals surface area contributed by atoms with Crippen molar-refractivity contribution in [2.24, 2.45) is 12.1 Å². The fourth-order valence-corrected chi connectivity index (χ4v) is 2.05. The highest BCUT2D eigenvalue weighted by atomic mass is 32.2. The number of thioether (sulfide) groups is 1. The number of phenols is 2. The van der Waals surface area contributed by atoms with Crippen molar-refractivity contribution in [1.29, 1.82) is 0 Å². The first kappa shape index (κ1) is 14.9. The van der Waals surface area contributed by atoms with E-state index in [0.717, 1.165) is 0 Å². The van der Waals surface area contributed by atoms with E-state index in [-0.39, 0.29) is 23.2 Å². The van der Waals surface area contributed by atoms with Gasteiger partial charge in [-0.25, -0.2) is 5.43 Å². The first-order valence-electron chi connectivity index (χ1n) is 5.87. The molecule has 0 unspecified atom stereocenters. The number of nitrogens with zero attached hydrogens (tertiary/aromatic N) is 4. The molecule has 2 aromatic rings. The first-order chi connectivity index (χ1) is 10.1. The molecule has 0 bridgehead atoms. The number of hydrogen-bond donors (Lipinski definition) is 3. The second-order valence-electron chi connectivity index (χ2n) is 4.05. The summed E-state index contributed by atoms with van der Waals surface area (Å²) in [6.07, 6.45) is 2.92. The molecule has 8 nitrogen and oxygen atoms in total. The Bertz CT molecular complexity index is 671. The lowest BCUT2D eigenvalue weighted by atomic mass is 10.2. The predicted octanol–water partition coefficient (Wildman–Crippen LogP) is 0.469. The molecule has 3 N–H and O–H groups in total. The summed E-state index contributed by atoms with van der Waals surface area (Å²) in [6, 6.07) is 4.22. The molecule has 0 spiro atoms. The molecular weight excluding hydrogens is 294 g/mol. The Kier molecular flexibility index (Phi) is 4.77. The maximum atomic E-state index is 11.6. The van der Waals surface area contributed by atoms with Gasteiger partial charge in [-0.15, -0.1) is 10.2 Å². The first-order valence-corrected chi connectivity index (χ1v) is 6.85. The molecule has 0 atom stereocenters. The van der Waals surface area contributed by atoms with Crippen LogP contribution in [0.5, 0.6) is 11.5 Å². The van der Waals surface area contributed by atoms with Gasteiger partial charge in [-0.1, -0.05) is 11.8 Å². The normalized spacial score (nSPS) is 10.9. The number of aromatic nitrogens is 3. The fourth-order valence-electron chi connectivity index (χ4n) is 1.37. The second-order valence-corrected chi connectivity index (χ2v) is 5.00. The van der Waals surface area contributed by atoms with Crippen LogP contribution in [0.4, 0.5) is 0 Å². The van der Waals surface area contributed by atoms with E-state index in [1.54, 1.807) is 24.0 Å². The van der Waals surface area contributed by atoms with Crippen LogP contribution in [0.15, 0.2) is 34.8 Å². The van der Waals surface area contributed by atoms with Gasteiger partial charge in [0.05, 0.1) is 12.0 Å². The number of nitrogens with one attached hydrogen (secondary N) is 1. The van der Waals surface area contributed by atoms with Crippen molar-refractivity contribution >= 4 is 23.9 Å². The Labute approximate surface area is 124 Å². The molecule has 21 heavy (non-hydrogen) atoms. The Morgan fingerprint density at radius 3 is 2.95 bits per heavy atom. The smallest absolute Gasteiger partial charge is 0.250 e. The van der Waals surface area contributed by atoms with Crippen molar-refractivity contribution in [2.45, 2.75) is 5.16 Å². The van der Waals surface area contributed by atoms with Crippen molar-refractivity contribution in [3.8, 4) is 11.5 Å². The van der Waals surface area contributed by atoms with Gasteiger partial charge in [0.15, 0.2) is 16.7 Å². The number of carbonyl (C=O) groups excluding carboxylic acids is 1. The van der Waals surface area contributed by atoms with Gasteiger partial charge in [0.2, 0.25) is 0 Å². The van der Waals surface area contributed by atoms with Crippen LogP contribution in [0.25, 0.3) is 0 Å². The van der Waals surface area contributed by atoms with Gasteiger partial charge in [-0.2, -0.15) is 5.10 Å². The molecule has 110 valence electrons. The summed E-state index contributed by atoms with van der Waals surface area (Å²) in [7, 11) is 1.79. The van der Waals surface area contributed by atoms with Crippen LogP contribution < -0.4 is 5.43 Å². The Morgan fingerprint density at radius 1 is 1.48 bits per heavy atom. The average molecular weight is 307 g/mol. The largest absolute Gasteiger partial charge is 0.504 e. The number of hydrazone groups is 1. The van der Waals surface area contributed by atoms with Crippen LogP contribution in [0.1, 0.15) is 5.56 Å². The van der Waals surface area contributed by atoms with E-state index >= 15 is 0 Å². The number of aromatic hydroxyl groups is 2. The Hall–Kier alpha value is -2.55. The number of hydrogen-bond acceptors (Lipinski definition) is 7. The quantitative estimate of drug-likeness (QED) is 0.320. The molecule has 1 heterocycles. The summed E-state index contributed by atoms with van der Waals surface area (Å²) in [5, 5.41) is 30.4. The number of rotatable bonds is 5. The Balaban J connectivity index is 1.82. The van der Waals surface area contributed by atoms with Crippen LogP contribution in [0.3, 0.4) is 0 Å². The van der Waals surface area contributed by atoms with Crippen molar-refractivity contribution in [3.63, 3.8) is 0 Å². The molecule has 1 amide bonds. The van der Waals surface area contributed by atoms with E-state index in [1.807, 2.05) is 0 Å². The molecule has 0 radical (unpaired) electrons. The lowest BCUT2D eigenvalue weighted by Gasteiger charge is -2.00. The number of phenolic OH excluding ortho intramolecular Hbond substituents is 2. The highest BCUT2D eigenvalue weighted by Crippen LogP contribution is 2.23. The number of benzene rings is 1. The summed E-state index contributed by atoms with van der Waals surface area (Å²) in [6.45, 7) is 0. The van der Waals surface area contributed by atoms with Crippen molar-refractivity contribution in [2.75, 3.05) is 5.75 Å². The number of carbonyl (C=O) groups is 1. The summed E-state index contributed by atoms with van der Waals surface area (Å²) in [5.41, 5.74) is 2.90. The lowest BCUT2D eigenvalue weighted by Crippen LogP contribution is -2.19. The van der Waals surface area contributed by atoms with Gasteiger partial charge in [-0.3, -0.25) is 4.79 Å². The maximum absolute atomic E-state index is 11.6. The number of aryl methyl sites for hydroxylation is 1. The second kappa shape index (κ2) is 6.75. The van der Waals surface area contributed by atoms with Crippen LogP contribution in [-0.4, -0.2) is 42.9 Å². The van der Waals surface area contributed by atoms with Crippen LogP contribution in [-0.2, 0) is 11.8 Å². The molecule has 1 aromatic heterocycles. The van der Waals surface area contributed by atoms with E-state index in [1.165, 1.54) is 30.1 Å². The monoisotopic (exact) mass is 307 g/mol. The van der Waals surface area contributed by atoms with Gasteiger partial charge in [0, 0.05) is 7.05 Å². The van der Waals surface area contributed by atoms with Gasteiger partial charge < -0.3 is 14.8 Å². The molecule has 9 heteroatoms. The third-order valence-corrected chi connectivity index (χ3v) is 3.44. The van der Waals surface area contributed by atoms with Crippen LogP contribution >= 0.6 is 11.8 Å². The highest BCUT2D eigenvalue weighted by Gasteiger charge is 2.05. The molecule has 0 saturated heterocycles. The highest BCUT2D eigenvalue weighted by molar-refractivity contribution is 7.99. The summed E-state index contributed by atoms with van der Waals surface area (Å²) in [4.78, 5) is 11.6. The number of amides is 1. The van der Waals surface area contributed by atoms with Gasteiger partial charge >= 0.3 is 0 Å². The minimum absolute atomic E-state index is 0.157. The molecule has 0 aliphatic carbocycles. The maximum Gasteiger partial charge on any atom is 0.250 e. The zero-order chi connectivity index (χ0) is 15.2. The van der Waals surface area contributed by atoms with E-state index in [2.05, 4.69) is 20.7 Å². The minimum atomic E-state index is -0.290. The third-order valence-electron chi connectivity index (χ3n) is 2.40. The van der Waals surface area contributed by atoms with E-state index in [9.17, 15) is 9.90 Å². The van der Waals surface area contributed by atoms with Crippen molar-refractivity contribution in [3.05, 3.63) is 30.1 Å². The summed E-state index contributed by atoms with van der Waals surface area (Å²) in [5.74, 6) is -0.591. The summed E-state index contributed by atoms with van der Waals surface area (Å²) < 4.78 is 1.71. The zero-order valence-electron chi connectivity index (χ0n) is 11.1. The van der Waals surface area contributed by atoms with Crippen molar-refractivity contribution < 1.29 is 15.0 Å². The van der Waals surface area contributed by atoms with Crippen LogP contribution in [0.2, 0.25) is 0 Å². The SMILES string of the molecule is Cn1cnnc1SCC(=O)N/N=C\c1ccc(O)c(O)c1. The van der Waals surface area contributed by atoms with Crippen LogP contribution in [0, 0.1) is 0 Å². The van der Waals surface area contributed by atoms with Crippen molar-refractivity contribution in [1.82, 2.24) is 20.2 Å². The topological polar surface area (TPSA) is 113 Å². The van der Waals surface area contributed by atoms with Gasteiger partial charge in [0.1, 0.15) is 6.33 Å². The molecular formula is C12H13N5O3S. The minimum Gasteiger partial charge on any atom is -0.504 e. The molecule has 0 aliphatic heterocycles. The van der Waals surface area contributed by atoms with E-state index < -0.39 is 0 Å². The standard InChI is InChI=1S/C12H13N5O3S/c1-17-7-14-16-12(17)21-6-11(20)15-13-5-8-2-3-9(18)10(19)4-8/h2-5,7,18-19H,6H2,1H3,(H,15,20)/b13-5-. The third kappa shape index (κ3) is 4.21.